The fraction of sp³-hybridized carbons (Fsp3) is 0.0870. The lowest BCUT2D eigenvalue weighted by atomic mass is 10.2. The lowest BCUT2D eigenvalue weighted by molar-refractivity contribution is 0.0702. The molecule has 2 N–H and O–H groups in total. The zero-order valence-electron chi connectivity index (χ0n) is 17.9. The van der Waals surface area contributed by atoms with Crippen molar-refractivity contribution in [1.82, 2.24) is 24.9 Å². The number of benzene rings is 1. The Bertz CT molecular complexity index is 1500. The Morgan fingerprint density at radius 1 is 1.11 bits per heavy atom. The second-order valence-corrected chi connectivity index (χ2v) is 8.53. The molecule has 5 aromatic rings. The van der Waals surface area contributed by atoms with Gasteiger partial charge in [0, 0.05) is 16.5 Å². The molecule has 35 heavy (non-hydrogen) atoms. The van der Waals surface area contributed by atoms with E-state index in [0.29, 0.717) is 27.5 Å². The molecule has 176 valence electrons. The average molecular weight is 494 g/mol. The van der Waals surface area contributed by atoms with Crippen LogP contribution < -0.4 is 5.32 Å². The number of carbonyl (C=O) groups is 1. The Morgan fingerprint density at radius 3 is 2.71 bits per heavy atom. The normalized spacial score (nSPS) is 11.0. The molecule has 0 aliphatic carbocycles. The average Bonchev–Trinajstić information content (AvgIpc) is 3.61. The van der Waals surface area contributed by atoms with Crippen molar-refractivity contribution in [2.45, 2.75) is 13.1 Å². The van der Waals surface area contributed by atoms with Crippen LogP contribution in [0.3, 0.4) is 0 Å². The van der Waals surface area contributed by atoms with Gasteiger partial charge in [0.15, 0.2) is 17.5 Å². The number of hydrogen-bond donors (Lipinski definition) is 2. The Morgan fingerprint density at radius 2 is 1.97 bits per heavy atom. The molecule has 0 aliphatic rings. The molecule has 9 nitrogen and oxygen atoms in total. The molecule has 0 aliphatic heterocycles. The van der Waals surface area contributed by atoms with Crippen LogP contribution in [0.25, 0.3) is 22.9 Å². The molecule has 0 unspecified atom stereocenters. The van der Waals surface area contributed by atoms with Crippen LogP contribution in [0.4, 0.5) is 14.6 Å². The van der Waals surface area contributed by atoms with E-state index in [-0.39, 0.29) is 35.4 Å². The summed E-state index contributed by atoms with van der Waals surface area (Å²) in [6, 6.07) is 12.8. The minimum absolute atomic E-state index is 0.0630. The van der Waals surface area contributed by atoms with Gasteiger partial charge in [-0.05, 0) is 24.3 Å². The van der Waals surface area contributed by atoms with Gasteiger partial charge in [-0.3, -0.25) is 4.68 Å². The number of nitrogens with zero attached hydrogens (tertiary/aromatic N) is 5. The van der Waals surface area contributed by atoms with Crippen molar-refractivity contribution >= 4 is 23.1 Å². The second-order valence-electron chi connectivity index (χ2n) is 7.36. The molecule has 12 heteroatoms. The van der Waals surface area contributed by atoms with Crippen LogP contribution in [-0.4, -0.2) is 36.0 Å². The fourth-order valence-corrected chi connectivity index (χ4v) is 4.14. The van der Waals surface area contributed by atoms with Crippen molar-refractivity contribution in [2.75, 3.05) is 5.32 Å². The van der Waals surface area contributed by atoms with Gasteiger partial charge in [-0.2, -0.15) is 5.10 Å². The van der Waals surface area contributed by atoms with Gasteiger partial charge in [0.05, 0.1) is 25.0 Å². The number of aromatic carboxylic acids is 1. The number of rotatable bonds is 8. The molecule has 4 heterocycles. The highest BCUT2D eigenvalue weighted by molar-refractivity contribution is 7.13. The van der Waals surface area contributed by atoms with Gasteiger partial charge in [-0.15, -0.1) is 11.3 Å². The number of anilines is 1. The van der Waals surface area contributed by atoms with Crippen molar-refractivity contribution in [3.05, 3.63) is 87.9 Å². The number of hydrogen-bond acceptors (Lipinski definition) is 8. The topological polar surface area (TPSA) is 119 Å². The van der Waals surface area contributed by atoms with Crippen LogP contribution in [0.5, 0.6) is 0 Å². The predicted octanol–water partition coefficient (Wildman–Crippen LogP) is 4.69. The Labute approximate surface area is 200 Å². The number of halogens is 2. The van der Waals surface area contributed by atoms with E-state index in [1.54, 1.807) is 41.1 Å². The van der Waals surface area contributed by atoms with Crippen molar-refractivity contribution in [3.63, 3.8) is 0 Å². The molecule has 0 spiro atoms. The SMILES string of the molecule is O=C(O)c1ccc(CNc2nc(-c3cc(-c4ccon4)n(Cc4ccccc4F)n3)ncc2F)s1. The molecule has 0 bridgehead atoms. The fourth-order valence-electron chi connectivity index (χ4n) is 3.36. The van der Waals surface area contributed by atoms with E-state index in [9.17, 15) is 13.6 Å². The largest absolute Gasteiger partial charge is 0.477 e. The monoisotopic (exact) mass is 494 g/mol. The van der Waals surface area contributed by atoms with Crippen molar-refractivity contribution in [2.24, 2.45) is 0 Å². The number of thiophene rings is 1. The Kier molecular flexibility index (Phi) is 6.02. The molecule has 4 aromatic heterocycles. The van der Waals surface area contributed by atoms with Crippen LogP contribution in [0.15, 0.2) is 65.5 Å². The van der Waals surface area contributed by atoms with E-state index in [2.05, 4.69) is 25.5 Å². The van der Waals surface area contributed by atoms with Crippen molar-refractivity contribution in [3.8, 4) is 22.9 Å². The van der Waals surface area contributed by atoms with E-state index in [4.69, 9.17) is 9.63 Å². The van der Waals surface area contributed by atoms with Gasteiger partial charge in [0.1, 0.15) is 28.3 Å². The van der Waals surface area contributed by atoms with E-state index < -0.39 is 11.8 Å². The number of aromatic nitrogens is 5. The predicted molar refractivity (Wildman–Crippen MR) is 123 cm³/mol. The highest BCUT2D eigenvalue weighted by Gasteiger charge is 2.18. The van der Waals surface area contributed by atoms with Crippen LogP contribution >= 0.6 is 11.3 Å². The van der Waals surface area contributed by atoms with Crippen LogP contribution in [-0.2, 0) is 13.1 Å². The first-order chi connectivity index (χ1) is 17.0. The summed E-state index contributed by atoms with van der Waals surface area (Å²) < 4.78 is 35.2. The highest BCUT2D eigenvalue weighted by Crippen LogP contribution is 2.26. The molecule has 0 atom stereocenters. The molecule has 5 rings (SSSR count). The molecule has 0 saturated carbocycles. The third-order valence-corrected chi connectivity index (χ3v) is 6.11. The third kappa shape index (κ3) is 4.77. The first-order valence-electron chi connectivity index (χ1n) is 10.3. The van der Waals surface area contributed by atoms with Gasteiger partial charge in [0.25, 0.3) is 0 Å². The number of carboxylic acid groups (broad SMARTS) is 1. The van der Waals surface area contributed by atoms with E-state index >= 15 is 0 Å². The van der Waals surface area contributed by atoms with Gasteiger partial charge in [0.2, 0.25) is 0 Å². The maximum absolute atomic E-state index is 14.4. The first-order valence-corrected chi connectivity index (χ1v) is 11.1. The molecule has 0 amide bonds. The van der Waals surface area contributed by atoms with E-state index in [1.807, 2.05) is 0 Å². The first kappa shape index (κ1) is 22.3. The van der Waals surface area contributed by atoms with Gasteiger partial charge in [-0.1, -0.05) is 23.4 Å². The van der Waals surface area contributed by atoms with E-state index in [1.165, 1.54) is 18.4 Å². The maximum atomic E-state index is 14.4. The molecule has 0 fully saturated rings. The molecule has 0 saturated heterocycles. The summed E-state index contributed by atoms with van der Waals surface area (Å²) in [5, 5.41) is 20.4. The minimum atomic E-state index is -1.02. The van der Waals surface area contributed by atoms with Crippen LogP contribution in [0, 0.1) is 11.6 Å². The van der Waals surface area contributed by atoms with E-state index in [0.717, 1.165) is 17.5 Å². The van der Waals surface area contributed by atoms with Crippen LogP contribution in [0.2, 0.25) is 0 Å². The van der Waals surface area contributed by atoms with Crippen molar-refractivity contribution in [1.29, 1.82) is 0 Å². The quantitative estimate of drug-likeness (QED) is 0.319. The number of carboxylic acids is 1. The maximum Gasteiger partial charge on any atom is 0.345 e. The van der Waals surface area contributed by atoms with Crippen LogP contribution in [0.1, 0.15) is 20.1 Å². The number of nitrogens with one attached hydrogen (secondary N) is 1. The summed E-state index contributed by atoms with van der Waals surface area (Å²) >= 11 is 1.08. The van der Waals surface area contributed by atoms with Gasteiger partial charge < -0.3 is 14.9 Å². The van der Waals surface area contributed by atoms with Crippen molar-refractivity contribution < 1.29 is 23.2 Å². The Hall–Kier alpha value is -4.45. The lowest BCUT2D eigenvalue weighted by Crippen LogP contribution is -2.07. The summed E-state index contributed by atoms with van der Waals surface area (Å²) in [6.45, 7) is 0.294. The summed E-state index contributed by atoms with van der Waals surface area (Å²) in [5.41, 5.74) is 1.77. The lowest BCUT2D eigenvalue weighted by Gasteiger charge is -2.07. The van der Waals surface area contributed by atoms with Gasteiger partial charge >= 0.3 is 5.97 Å². The summed E-state index contributed by atoms with van der Waals surface area (Å²) in [6.07, 6.45) is 2.43. The minimum Gasteiger partial charge on any atom is -0.477 e. The van der Waals surface area contributed by atoms with Gasteiger partial charge in [-0.25, -0.2) is 23.5 Å². The smallest absolute Gasteiger partial charge is 0.345 e. The summed E-state index contributed by atoms with van der Waals surface area (Å²) in [5.74, 6) is -1.99. The molecule has 0 radical (unpaired) electrons. The third-order valence-electron chi connectivity index (χ3n) is 5.03. The molecular formula is C23H16F2N6O3S. The molecule has 1 aromatic carbocycles. The zero-order valence-corrected chi connectivity index (χ0v) is 18.7. The summed E-state index contributed by atoms with van der Waals surface area (Å²) in [7, 11) is 0. The standard InChI is InChI=1S/C23H16F2N6O3S/c24-15-4-2-1-3-13(15)12-31-19(17-7-8-34-30-17)9-18(29-31)22-27-11-16(25)21(28-22)26-10-14-5-6-20(35-14)23(32)33/h1-9,11H,10,12H2,(H,32,33)(H,26,27,28). The summed E-state index contributed by atoms with van der Waals surface area (Å²) in [4.78, 5) is 20.3. The Balaban J connectivity index is 1.45. The molecular weight excluding hydrogens is 478 g/mol. The highest BCUT2D eigenvalue weighted by atomic mass is 32.1. The zero-order chi connectivity index (χ0) is 24.4. The second kappa shape index (κ2) is 9.43.